The van der Waals surface area contributed by atoms with Crippen molar-refractivity contribution in [2.75, 3.05) is 0 Å². The molecule has 3 aromatic carbocycles. The van der Waals surface area contributed by atoms with Crippen molar-refractivity contribution in [3.8, 4) is 0 Å². The number of rotatable bonds is 1. The van der Waals surface area contributed by atoms with E-state index in [-0.39, 0.29) is 0 Å². The minimum atomic E-state index is 0.351. The Bertz CT molecular complexity index is 869. The average molecular weight is 335 g/mol. The van der Waals surface area contributed by atoms with E-state index in [1.54, 1.807) is 0 Å². The molecule has 0 heterocycles. The first kappa shape index (κ1) is 12.8. The fourth-order valence-corrected chi connectivity index (χ4v) is 3.75. The van der Waals surface area contributed by atoms with Crippen LogP contribution in [0.25, 0.3) is 16.8 Å². The van der Waals surface area contributed by atoms with Crippen LogP contribution < -0.4 is 0 Å². The highest BCUT2D eigenvalue weighted by atomic mass is 79.9. The van der Waals surface area contributed by atoms with Crippen molar-refractivity contribution in [2.45, 2.75) is 12.8 Å². The molecule has 3 aromatic rings. The Kier molecular flexibility index (Phi) is 2.97. The molecular weight excluding hydrogens is 320 g/mol. The topological polar surface area (TPSA) is 0 Å². The van der Waals surface area contributed by atoms with Crippen molar-refractivity contribution in [3.05, 3.63) is 87.4 Å². The van der Waals surface area contributed by atoms with Crippen LogP contribution in [-0.4, -0.2) is 0 Å². The lowest BCUT2D eigenvalue weighted by Crippen LogP contribution is -1.97. The van der Waals surface area contributed by atoms with Crippen molar-refractivity contribution >= 4 is 32.8 Å². The summed E-state index contributed by atoms with van der Waals surface area (Å²) in [6.45, 7) is 2.14. The highest BCUT2D eigenvalue weighted by Gasteiger charge is 2.20. The Balaban J connectivity index is 1.98. The Morgan fingerprint density at radius 1 is 0.905 bits per heavy atom. The molecule has 0 saturated heterocycles. The van der Waals surface area contributed by atoms with Gasteiger partial charge >= 0.3 is 0 Å². The fraction of sp³-hybridized carbons (Fsp3) is 0.100. The molecule has 0 nitrogen and oxygen atoms in total. The maximum atomic E-state index is 3.67. The smallest absolute Gasteiger partial charge is 0.0285 e. The third kappa shape index (κ3) is 2.13. The van der Waals surface area contributed by atoms with Crippen LogP contribution in [0, 0.1) is 6.92 Å². The van der Waals surface area contributed by atoms with Crippen LogP contribution in [0.2, 0.25) is 0 Å². The van der Waals surface area contributed by atoms with E-state index in [1.807, 2.05) is 0 Å². The van der Waals surface area contributed by atoms with Crippen LogP contribution in [0.15, 0.2) is 65.1 Å². The third-order valence-electron chi connectivity index (χ3n) is 4.24. The summed E-state index contributed by atoms with van der Waals surface area (Å²) in [5.41, 5.74) is 5.41. The summed E-state index contributed by atoms with van der Waals surface area (Å²) in [5.74, 6) is 0.351. The second kappa shape index (κ2) is 4.85. The average Bonchev–Trinajstić information content (AvgIpc) is 2.89. The van der Waals surface area contributed by atoms with Gasteiger partial charge in [0, 0.05) is 10.4 Å². The summed E-state index contributed by atoms with van der Waals surface area (Å²) in [4.78, 5) is 0. The van der Waals surface area contributed by atoms with Crippen LogP contribution in [0.3, 0.4) is 0 Å². The van der Waals surface area contributed by atoms with E-state index in [1.165, 1.54) is 33.0 Å². The number of halogens is 1. The highest BCUT2D eigenvalue weighted by Crippen LogP contribution is 2.39. The SMILES string of the molecule is Cc1ccc2c(C3C=Cc4ccccc43)cc(Br)cc2c1. The standard InChI is InChI=1S/C20H15Br/c1-13-6-8-18-15(10-13)11-16(21)12-20(18)19-9-7-14-4-2-3-5-17(14)19/h2-12,19H,1H3. The lowest BCUT2D eigenvalue weighted by Gasteiger charge is -2.15. The Labute approximate surface area is 133 Å². The van der Waals surface area contributed by atoms with Gasteiger partial charge in [-0.25, -0.2) is 0 Å². The number of allylic oxidation sites excluding steroid dienone is 1. The van der Waals surface area contributed by atoms with E-state index >= 15 is 0 Å². The van der Waals surface area contributed by atoms with Gasteiger partial charge in [0.15, 0.2) is 0 Å². The monoisotopic (exact) mass is 334 g/mol. The van der Waals surface area contributed by atoms with Gasteiger partial charge in [-0.05, 0) is 46.5 Å². The molecule has 0 fully saturated rings. The number of aryl methyl sites for hydroxylation is 1. The van der Waals surface area contributed by atoms with E-state index in [2.05, 4.69) is 89.6 Å². The molecular formula is C20H15Br. The van der Waals surface area contributed by atoms with Gasteiger partial charge in [0.1, 0.15) is 0 Å². The van der Waals surface area contributed by atoms with Crippen molar-refractivity contribution < 1.29 is 0 Å². The Morgan fingerprint density at radius 2 is 1.76 bits per heavy atom. The molecule has 0 bridgehead atoms. The van der Waals surface area contributed by atoms with Crippen LogP contribution in [0.5, 0.6) is 0 Å². The summed E-state index contributed by atoms with van der Waals surface area (Å²) in [5, 5.41) is 2.65. The maximum absolute atomic E-state index is 3.67. The first-order chi connectivity index (χ1) is 10.2. The van der Waals surface area contributed by atoms with E-state index in [9.17, 15) is 0 Å². The third-order valence-corrected chi connectivity index (χ3v) is 4.70. The van der Waals surface area contributed by atoms with Gasteiger partial charge in [-0.15, -0.1) is 0 Å². The van der Waals surface area contributed by atoms with Crippen molar-refractivity contribution in [1.29, 1.82) is 0 Å². The molecule has 102 valence electrons. The van der Waals surface area contributed by atoms with Gasteiger partial charge in [-0.3, -0.25) is 0 Å². The zero-order chi connectivity index (χ0) is 14.4. The first-order valence-corrected chi connectivity index (χ1v) is 7.98. The van der Waals surface area contributed by atoms with Gasteiger partial charge in [-0.2, -0.15) is 0 Å². The number of fused-ring (bicyclic) bond motifs is 2. The number of hydrogen-bond donors (Lipinski definition) is 0. The largest absolute Gasteiger partial charge is 0.0720 e. The zero-order valence-corrected chi connectivity index (χ0v) is 13.4. The lowest BCUT2D eigenvalue weighted by molar-refractivity contribution is 1.06. The first-order valence-electron chi connectivity index (χ1n) is 7.19. The van der Waals surface area contributed by atoms with Gasteiger partial charge in [0.2, 0.25) is 0 Å². The van der Waals surface area contributed by atoms with Crippen molar-refractivity contribution in [3.63, 3.8) is 0 Å². The second-order valence-corrected chi connectivity index (χ2v) is 6.60. The van der Waals surface area contributed by atoms with Crippen LogP contribution >= 0.6 is 15.9 Å². The molecule has 0 saturated carbocycles. The van der Waals surface area contributed by atoms with Gasteiger partial charge < -0.3 is 0 Å². The molecule has 0 radical (unpaired) electrons. The van der Waals surface area contributed by atoms with E-state index < -0.39 is 0 Å². The van der Waals surface area contributed by atoms with E-state index in [0.29, 0.717) is 5.92 Å². The van der Waals surface area contributed by atoms with Gasteiger partial charge in [0.25, 0.3) is 0 Å². The fourth-order valence-electron chi connectivity index (χ4n) is 3.26. The van der Waals surface area contributed by atoms with Crippen molar-refractivity contribution in [1.82, 2.24) is 0 Å². The van der Waals surface area contributed by atoms with Crippen LogP contribution in [0.1, 0.15) is 28.2 Å². The molecule has 1 heteroatoms. The molecule has 1 aliphatic rings. The van der Waals surface area contributed by atoms with Gasteiger partial charge in [-0.1, -0.05) is 76.1 Å². The molecule has 0 aliphatic heterocycles. The second-order valence-electron chi connectivity index (χ2n) is 5.69. The number of benzene rings is 3. The molecule has 4 rings (SSSR count). The zero-order valence-electron chi connectivity index (χ0n) is 11.8. The molecule has 0 N–H and O–H groups in total. The van der Waals surface area contributed by atoms with Crippen LogP contribution in [-0.2, 0) is 0 Å². The highest BCUT2D eigenvalue weighted by molar-refractivity contribution is 9.10. The van der Waals surface area contributed by atoms with Crippen LogP contribution in [0.4, 0.5) is 0 Å². The Hall–Kier alpha value is -1.86. The number of hydrogen-bond acceptors (Lipinski definition) is 0. The van der Waals surface area contributed by atoms with E-state index in [4.69, 9.17) is 0 Å². The molecule has 1 unspecified atom stereocenters. The maximum Gasteiger partial charge on any atom is 0.0285 e. The predicted molar refractivity (Wildman–Crippen MR) is 93.7 cm³/mol. The minimum Gasteiger partial charge on any atom is -0.0720 e. The minimum absolute atomic E-state index is 0.351. The summed E-state index contributed by atoms with van der Waals surface area (Å²) in [7, 11) is 0. The Morgan fingerprint density at radius 3 is 2.67 bits per heavy atom. The quantitative estimate of drug-likeness (QED) is 0.506. The summed E-state index contributed by atoms with van der Waals surface area (Å²) in [6.07, 6.45) is 4.55. The molecule has 21 heavy (non-hydrogen) atoms. The molecule has 0 aromatic heterocycles. The molecule has 1 aliphatic carbocycles. The van der Waals surface area contributed by atoms with E-state index in [0.717, 1.165) is 4.47 Å². The lowest BCUT2D eigenvalue weighted by atomic mass is 9.89. The normalized spacial score (nSPS) is 16.4. The summed E-state index contributed by atoms with van der Waals surface area (Å²) in [6, 6.07) is 19.8. The molecule has 0 amide bonds. The van der Waals surface area contributed by atoms with Gasteiger partial charge in [0.05, 0.1) is 0 Å². The van der Waals surface area contributed by atoms with Crippen molar-refractivity contribution in [2.24, 2.45) is 0 Å². The molecule has 1 atom stereocenters. The molecule has 0 spiro atoms. The summed E-state index contributed by atoms with van der Waals surface area (Å²) < 4.78 is 1.15. The predicted octanol–water partition coefficient (Wildman–Crippen LogP) is 6.07. The summed E-state index contributed by atoms with van der Waals surface area (Å²) >= 11 is 3.67.